The Hall–Kier alpha value is -2.63. The Labute approximate surface area is 123 Å². The summed E-state index contributed by atoms with van der Waals surface area (Å²) in [5, 5.41) is 21.6. The molecule has 2 rings (SSSR count). The minimum absolute atomic E-state index is 0.112. The largest absolute Gasteiger partial charge is 0.433 e. The highest BCUT2D eigenvalue weighted by atomic mass is 32.1. The number of rotatable bonds is 4. The molecule has 2 heterocycles. The Kier molecular flexibility index (Phi) is 4.71. The highest BCUT2D eigenvalue weighted by Crippen LogP contribution is 2.17. The number of nitrogens with one attached hydrogen (secondary N) is 1. The summed E-state index contributed by atoms with van der Waals surface area (Å²) in [7, 11) is 0. The van der Waals surface area contributed by atoms with Crippen molar-refractivity contribution in [3.63, 3.8) is 0 Å². The lowest BCUT2D eigenvalue weighted by Crippen LogP contribution is -2.21. The number of thiophene rings is 1. The van der Waals surface area contributed by atoms with Crippen molar-refractivity contribution in [2.75, 3.05) is 6.61 Å². The molecule has 0 spiro atoms. The molecule has 8 heteroatoms. The summed E-state index contributed by atoms with van der Waals surface area (Å²) in [4.78, 5) is 23.1. The monoisotopic (exact) mass is 306 g/mol. The minimum atomic E-state index is -0.706. The van der Waals surface area contributed by atoms with Crippen molar-refractivity contribution in [2.45, 2.75) is 6.54 Å². The van der Waals surface area contributed by atoms with Gasteiger partial charge in [-0.3, -0.25) is 14.9 Å². The fourth-order valence-electron chi connectivity index (χ4n) is 1.47. The number of hydrogen-bond donors (Lipinski definition) is 2. The van der Waals surface area contributed by atoms with Crippen LogP contribution in [-0.2, 0) is 6.54 Å². The SMILES string of the molecule is O=C(NCc1ccc(C#CCO)s1)c1ccc([N+](=O)[O-])o1. The van der Waals surface area contributed by atoms with Gasteiger partial charge in [0.05, 0.1) is 17.5 Å². The summed E-state index contributed by atoms with van der Waals surface area (Å²) in [6.07, 6.45) is 0. The summed E-state index contributed by atoms with van der Waals surface area (Å²) in [6, 6.07) is 5.96. The molecule has 0 radical (unpaired) electrons. The van der Waals surface area contributed by atoms with Crippen molar-refractivity contribution < 1.29 is 19.2 Å². The molecule has 0 saturated heterocycles. The summed E-state index contributed by atoms with van der Waals surface area (Å²) >= 11 is 1.38. The fraction of sp³-hybridized carbons (Fsp3) is 0.154. The molecule has 0 atom stereocenters. The Bertz CT molecular complexity index is 722. The van der Waals surface area contributed by atoms with E-state index in [2.05, 4.69) is 17.2 Å². The quantitative estimate of drug-likeness (QED) is 0.506. The van der Waals surface area contributed by atoms with Gasteiger partial charge in [0.2, 0.25) is 0 Å². The highest BCUT2D eigenvalue weighted by molar-refractivity contribution is 7.12. The zero-order valence-corrected chi connectivity index (χ0v) is 11.5. The number of aliphatic hydroxyl groups is 1. The lowest BCUT2D eigenvalue weighted by molar-refractivity contribution is -0.402. The van der Waals surface area contributed by atoms with Gasteiger partial charge in [-0.1, -0.05) is 11.8 Å². The third-order valence-corrected chi connectivity index (χ3v) is 3.37. The van der Waals surface area contributed by atoms with Gasteiger partial charge in [0.25, 0.3) is 5.91 Å². The van der Waals surface area contributed by atoms with E-state index < -0.39 is 16.7 Å². The predicted molar refractivity (Wildman–Crippen MR) is 74.8 cm³/mol. The van der Waals surface area contributed by atoms with E-state index in [-0.39, 0.29) is 18.9 Å². The smallest absolute Gasteiger partial charge is 0.395 e. The molecule has 1 amide bonds. The molecule has 21 heavy (non-hydrogen) atoms. The molecule has 108 valence electrons. The first-order valence-electron chi connectivity index (χ1n) is 5.81. The number of furan rings is 1. The van der Waals surface area contributed by atoms with Crippen LogP contribution in [0.2, 0.25) is 0 Å². The third kappa shape index (κ3) is 3.92. The molecule has 0 aromatic carbocycles. The van der Waals surface area contributed by atoms with E-state index in [0.717, 1.165) is 15.8 Å². The molecule has 2 aromatic rings. The maximum absolute atomic E-state index is 11.7. The van der Waals surface area contributed by atoms with Gasteiger partial charge in [-0.25, -0.2) is 0 Å². The predicted octanol–water partition coefficient (Wildman–Crippen LogP) is 1.52. The lowest BCUT2D eigenvalue weighted by atomic mass is 10.4. The molecule has 0 aliphatic rings. The zero-order chi connectivity index (χ0) is 15.2. The number of nitro groups is 1. The number of carbonyl (C=O) groups excluding carboxylic acids is 1. The van der Waals surface area contributed by atoms with Crippen LogP contribution in [0, 0.1) is 22.0 Å². The van der Waals surface area contributed by atoms with Gasteiger partial charge in [-0.15, -0.1) is 11.3 Å². The first-order chi connectivity index (χ1) is 10.1. The Morgan fingerprint density at radius 2 is 2.24 bits per heavy atom. The van der Waals surface area contributed by atoms with E-state index in [1.165, 1.54) is 17.4 Å². The van der Waals surface area contributed by atoms with E-state index in [1.54, 1.807) is 12.1 Å². The first-order valence-corrected chi connectivity index (χ1v) is 6.62. The van der Waals surface area contributed by atoms with Crippen molar-refractivity contribution >= 4 is 23.1 Å². The zero-order valence-electron chi connectivity index (χ0n) is 10.7. The number of nitrogens with zero attached hydrogens (tertiary/aromatic N) is 1. The van der Waals surface area contributed by atoms with E-state index in [9.17, 15) is 14.9 Å². The Balaban J connectivity index is 1.94. The van der Waals surface area contributed by atoms with E-state index >= 15 is 0 Å². The highest BCUT2D eigenvalue weighted by Gasteiger charge is 2.17. The first kappa shape index (κ1) is 14.8. The van der Waals surface area contributed by atoms with Gasteiger partial charge in [-0.05, 0) is 18.2 Å². The molecular formula is C13H10N2O5S. The van der Waals surface area contributed by atoms with Crippen LogP contribution in [0.25, 0.3) is 0 Å². The number of amides is 1. The van der Waals surface area contributed by atoms with Gasteiger partial charge >= 0.3 is 5.88 Å². The number of carbonyl (C=O) groups is 1. The molecule has 0 aliphatic carbocycles. The Morgan fingerprint density at radius 3 is 2.90 bits per heavy atom. The fourth-order valence-corrected chi connectivity index (χ4v) is 2.29. The van der Waals surface area contributed by atoms with Crippen molar-refractivity contribution in [1.29, 1.82) is 0 Å². The van der Waals surface area contributed by atoms with Gasteiger partial charge in [-0.2, -0.15) is 0 Å². The van der Waals surface area contributed by atoms with Crippen molar-refractivity contribution in [1.82, 2.24) is 5.32 Å². The van der Waals surface area contributed by atoms with Crippen molar-refractivity contribution in [3.05, 3.63) is 49.9 Å². The molecule has 7 nitrogen and oxygen atoms in total. The van der Waals surface area contributed by atoms with Crippen LogP contribution >= 0.6 is 11.3 Å². The maximum Gasteiger partial charge on any atom is 0.433 e. The second-order valence-corrected chi connectivity index (χ2v) is 4.97. The summed E-state index contributed by atoms with van der Waals surface area (Å²) in [5.41, 5.74) is 0. The van der Waals surface area contributed by atoms with Gasteiger partial charge < -0.3 is 14.8 Å². The molecule has 2 aromatic heterocycles. The average molecular weight is 306 g/mol. The van der Waals surface area contributed by atoms with Crippen LogP contribution in [0.1, 0.15) is 20.3 Å². The van der Waals surface area contributed by atoms with Crippen molar-refractivity contribution in [2.24, 2.45) is 0 Å². The maximum atomic E-state index is 11.7. The topological polar surface area (TPSA) is 106 Å². The van der Waals surface area contributed by atoms with Gasteiger partial charge in [0.15, 0.2) is 5.76 Å². The molecule has 0 unspecified atom stereocenters. The van der Waals surface area contributed by atoms with Crippen LogP contribution < -0.4 is 5.32 Å². The van der Waals surface area contributed by atoms with Gasteiger partial charge in [0.1, 0.15) is 11.5 Å². The molecule has 0 aliphatic heterocycles. The Morgan fingerprint density at radius 1 is 1.43 bits per heavy atom. The standard InChI is InChI=1S/C13H10N2O5S/c16-7-1-2-9-3-4-10(21-9)8-14-13(17)11-5-6-12(20-11)15(18)19/h3-6,16H,7-8H2,(H,14,17). The van der Waals surface area contributed by atoms with Crippen molar-refractivity contribution in [3.8, 4) is 11.8 Å². The van der Waals surface area contributed by atoms with Gasteiger partial charge in [0, 0.05) is 4.88 Å². The molecule has 0 bridgehead atoms. The number of hydrogen-bond acceptors (Lipinski definition) is 6. The molecule has 0 fully saturated rings. The minimum Gasteiger partial charge on any atom is -0.395 e. The van der Waals surface area contributed by atoms with E-state index in [1.807, 2.05) is 0 Å². The van der Waals surface area contributed by atoms with E-state index in [4.69, 9.17) is 9.52 Å². The molecule has 2 N–H and O–H groups in total. The second kappa shape index (κ2) is 6.69. The number of aliphatic hydroxyl groups excluding tert-OH is 1. The molecule has 0 saturated carbocycles. The van der Waals surface area contributed by atoms with Crippen LogP contribution in [0.3, 0.4) is 0 Å². The normalized spacial score (nSPS) is 9.76. The van der Waals surface area contributed by atoms with Crippen LogP contribution in [0.5, 0.6) is 0 Å². The third-order valence-electron chi connectivity index (χ3n) is 2.37. The summed E-state index contributed by atoms with van der Waals surface area (Å²) in [6.45, 7) is 0.0556. The van der Waals surface area contributed by atoms with Crippen LogP contribution in [0.15, 0.2) is 28.7 Å². The summed E-state index contributed by atoms with van der Waals surface area (Å²) < 4.78 is 4.80. The molecular weight excluding hydrogens is 296 g/mol. The second-order valence-electron chi connectivity index (χ2n) is 3.80. The van der Waals surface area contributed by atoms with E-state index in [0.29, 0.717) is 0 Å². The van der Waals surface area contributed by atoms with Crippen LogP contribution in [-0.4, -0.2) is 22.5 Å². The average Bonchev–Trinajstić information content (AvgIpc) is 3.11. The lowest BCUT2D eigenvalue weighted by Gasteiger charge is -1.99. The summed E-state index contributed by atoms with van der Waals surface area (Å²) in [5.74, 6) is 4.18. The van der Waals surface area contributed by atoms with Crippen LogP contribution in [0.4, 0.5) is 5.88 Å².